The Kier molecular flexibility index (Phi) is 7.46. The molecule has 4 heterocycles. The van der Waals surface area contributed by atoms with E-state index in [1.54, 1.807) is 19.1 Å². The van der Waals surface area contributed by atoms with Crippen LogP contribution in [-0.2, 0) is 34.8 Å². The molecule has 3 aromatic rings. The minimum Gasteiger partial charge on any atom is -0.481 e. The summed E-state index contributed by atoms with van der Waals surface area (Å²) >= 11 is 5.96. The molecule has 3 aliphatic rings. The van der Waals surface area contributed by atoms with Gasteiger partial charge >= 0.3 is 5.97 Å². The number of carboxylic acids is 1. The highest BCUT2D eigenvalue weighted by Gasteiger charge is 2.43. The Hall–Kier alpha value is -3.14. The maximum atomic E-state index is 14.8. The van der Waals surface area contributed by atoms with Crippen LogP contribution < -0.4 is 9.47 Å². The minimum atomic E-state index is -1.27. The second kappa shape index (κ2) is 11.0. The lowest BCUT2D eigenvalue weighted by molar-refractivity contribution is -0.137. The Morgan fingerprint density at radius 3 is 2.70 bits per heavy atom. The number of benzene rings is 2. The molecular weight excluding hydrogens is 537 g/mol. The van der Waals surface area contributed by atoms with Crippen LogP contribution in [0.25, 0.3) is 0 Å². The number of carboxylic acid groups (broad SMARTS) is 1. The van der Waals surface area contributed by atoms with Gasteiger partial charge in [-0.15, -0.1) is 0 Å². The molecule has 2 aromatic carbocycles. The summed E-state index contributed by atoms with van der Waals surface area (Å²) in [5.74, 6) is -0.0210. The van der Waals surface area contributed by atoms with Crippen LogP contribution in [0, 0.1) is 5.82 Å². The van der Waals surface area contributed by atoms with Gasteiger partial charge in [-0.25, -0.2) is 9.37 Å². The molecule has 40 heavy (non-hydrogen) atoms. The van der Waals surface area contributed by atoms with Crippen molar-refractivity contribution in [3.63, 3.8) is 0 Å². The third-order valence-electron chi connectivity index (χ3n) is 8.22. The molecule has 1 aromatic heterocycles. The molecule has 6 rings (SSSR count). The average molecular weight is 570 g/mol. The smallest absolute Gasteiger partial charge is 0.303 e. The lowest BCUT2D eigenvalue weighted by atomic mass is 9.88. The predicted octanol–water partition coefficient (Wildman–Crippen LogP) is 5.51. The fourth-order valence-electron chi connectivity index (χ4n) is 5.91. The molecule has 10 heteroatoms. The largest absolute Gasteiger partial charge is 0.481 e. The number of hydrogen-bond acceptors (Lipinski definition) is 6. The Balaban J connectivity index is 1.13. The van der Waals surface area contributed by atoms with E-state index in [-0.39, 0.29) is 18.4 Å². The van der Waals surface area contributed by atoms with Crippen molar-refractivity contribution in [3.8, 4) is 11.5 Å². The number of ether oxygens (including phenoxy) is 3. The molecule has 0 radical (unpaired) electrons. The normalized spacial score (nSPS) is 22.8. The predicted molar refractivity (Wildman–Crippen MR) is 146 cm³/mol. The van der Waals surface area contributed by atoms with E-state index in [1.807, 2.05) is 18.3 Å². The summed E-state index contributed by atoms with van der Waals surface area (Å²) in [6, 6.07) is 10.4. The van der Waals surface area contributed by atoms with E-state index in [1.165, 1.54) is 6.07 Å². The Bertz CT molecular complexity index is 1400. The van der Waals surface area contributed by atoms with Gasteiger partial charge < -0.3 is 23.9 Å². The maximum Gasteiger partial charge on any atom is 0.303 e. The van der Waals surface area contributed by atoms with Crippen molar-refractivity contribution in [3.05, 3.63) is 76.1 Å². The summed E-state index contributed by atoms with van der Waals surface area (Å²) in [5.41, 5.74) is 2.33. The Morgan fingerprint density at radius 2 is 2.00 bits per heavy atom. The van der Waals surface area contributed by atoms with Gasteiger partial charge in [-0.05, 0) is 69.0 Å². The van der Waals surface area contributed by atoms with Gasteiger partial charge in [0.05, 0.1) is 31.2 Å². The molecule has 8 nitrogen and oxygen atoms in total. The number of piperidine rings is 1. The number of likely N-dealkylation sites (tertiary alicyclic amines) is 1. The fraction of sp³-hybridized carbons (Fsp3) is 0.467. The van der Waals surface area contributed by atoms with Crippen LogP contribution in [0.1, 0.15) is 61.2 Å². The molecular formula is C30H33ClFN3O5. The topological polar surface area (TPSA) is 86.1 Å². The summed E-state index contributed by atoms with van der Waals surface area (Å²) in [5, 5.41) is 9.48. The van der Waals surface area contributed by atoms with Crippen LogP contribution in [0.5, 0.6) is 11.5 Å². The van der Waals surface area contributed by atoms with Crippen LogP contribution in [0.15, 0.2) is 42.6 Å². The molecule has 0 spiro atoms. The minimum absolute atomic E-state index is 0.0823. The van der Waals surface area contributed by atoms with Crippen molar-refractivity contribution in [2.24, 2.45) is 0 Å². The zero-order chi connectivity index (χ0) is 27.9. The van der Waals surface area contributed by atoms with Crippen LogP contribution in [0.3, 0.4) is 0 Å². The molecule has 0 amide bonds. The van der Waals surface area contributed by atoms with Crippen molar-refractivity contribution >= 4 is 17.6 Å². The average Bonchev–Trinajstić information content (AvgIpc) is 3.45. The highest BCUT2D eigenvalue weighted by atomic mass is 35.5. The Labute approximate surface area is 237 Å². The highest BCUT2D eigenvalue weighted by Crippen LogP contribution is 2.49. The van der Waals surface area contributed by atoms with E-state index in [4.69, 9.17) is 30.9 Å². The van der Waals surface area contributed by atoms with E-state index in [0.29, 0.717) is 41.6 Å². The van der Waals surface area contributed by atoms with Gasteiger partial charge in [0.15, 0.2) is 11.5 Å². The number of aromatic nitrogens is 2. The molecule has 1 unspecified atom stereocenters. The van der Waals surface area contributed by atoms with Crippen LogP contribution in [0.2, 0.25) is 5.02 Å². The molecule has 0 bridgehead atoms. The quantitative estimate of drug-likeness (QED) is 0.364. The molecule has 1 N–H and O–H groups in total. The third-order valence-corrected chi connectivity index (χ3v) is 8.45. The summed E-state index contributed by atoms with van der Waals surface area (Å²) in [7, 11) is 0. The first-order valence-electron chi connectivity index (χ1n) is 13.8. The van der Waals surface area contributed by atoms with Crippen LogP contribution in [0.4, 0.5) is 4.39 Å². The first kappa shape index (κ1) is 27.1. The van der Waals surface area contributed by atoms with Crippen molar-refractivity contribution < 1.29 is 28.5 Å². The van der Waals surface area contributed by atoms with Gasteiger partial charge in [0, 0.05) is 36.0 Å². The molecule has 2 fully saturated rings. The number of aliphatic carboxylic acids is 1. The number of aryl methyl sites for hydroxylation is 1. The Morgan fingerprint density at radius 1 is 1.20 bits per heavy atom. The zero-order valence-corrected chi connectivity index (χ0v) is 23.2. The summed E-state index contributed by atoms with van der Waals surface area (Å²) < 4.78 is 35.1. The highest BCUT2D eigenvalue weighted by molar-refractivity contribution is 6.30. The number of para-hydroxylation sites is 1. The number of carbonyl (C=O) groups is 1. The maximum absolute atomic E-state index is 14.8. The number of halogens is 2. The zero-order valence-electron chi connectivity index (χ0n) is 22.4. The number of nitrogens with zero attached hydrogens (tertiary/aromatic N) is 3. The third kappa shape index (κ3) is 5.42. The lowest BCUT2D eigenvalue weighted by Gasteiger charge is -2.33. The monoisotopic (exact) mass is 569 g/mol. The van der Waals surface area contributed by atoms with Gasteiger partial charge in [-0.1, -0.05) is 23.7 Å². The fourth-order valence-corrected chi connectivity index (χ4v) is 6.07. The van der Waals surface area contributed by atoms with Gasteiger partial charge in [-0.2, -0.15) is 0 Å². The van der Waals surface area contributed by atoms with E-state index in [9.17, 15) is 9.18 Å². The van der Waals surface area contributed by atoms with Crippen LogP contribution in [-0.4, -0.2) is 51.3 Å². The van der Waals surface area contributed by atoms with E-state index >= 15 is 0 Å². The van der Waals surface area contributed by atoms with Gasteiger partial charge in [0.2, 0.25) is 0 Å². The van der Waals surface area contributed by atoms with Crippen molar-refractivity contribution in [2.45, 2.75) is 69.9 Å². The summed E-state index contributed by atoms with van der Waals surface area (Å²) in [6.07, 6.45) is 5.40. The molecule has 3 aliphatic heterocycles. The SMILES string of the molecule is CC1(c2ccc(Cl)cc2F)Oc2cccc(C3CCN(Cc4ncc(CCC(=O)O)n4C[C@@H]4CCO4)CC3)c2O1. The summed E-state index contributed by atoms with van der Waals surface area (Å²) in [6.45, 7) is 5.69. The molecule has 2 saturated heterocycles. The second-order valence-corrected chi connectivity index (χ2v) is 11.4. The van der Waals surface area contributed by atoms with Gasteiger partial charge in [-0.3, -0.25) is 9.69 Å². The number of rotatable bonds is 9. The van der Waals surface area contributed by atoms with E-state index < -0.39 is 17.6 Å². The van der Waals surface area contributed by atoms with Crippen molar-refractivity contribution in [1.82, 2.24) is 14.5 Å². The number of fused-ring (bicyclic) bond motifs is 1. The van der Waals surface area contributed by atoms with Gasteiger partial charge in [0.1, 0.15) is 11.6 Å². The van der Waals surface area contributed by atoms with E-state index in [0.717, 1.165) is 56.0 Å². The molecule has 212 valence electrons. The number of hydrogen-bond donors (Lipinski definition) is 1. The first-order valence-corrected chi connectivity index (χ1v) is 14.2. The van der Waals surface area contributed by atoms with Crippen LogP contribution >= 0.6 is 11.6 Å². The van der Waals surface area contributed by atoms with Gasteiger partial charge in [0.25, 0.3) is 5.79 Å². The van der Waals surface area contributed by atoms with Crippen molar-refractivity contribution in [2.75, 3.05) is 19.7 Å². The first-order chi connectivity index (χ1) is 19.3. The summed E-state index contributed by atoms with van der Waals surface area (Å²) in [4.78, 5) is 18.2. The molecule has 0 saturated carbocycles. The lowest BCUT2D eigenvalue weighted by Crippen LogP contribution is -2.36. The van der Waals surface area contributed by atoms with Crippen molar-refractivity contribution in [1.29, 1.82) is 0 Å². The molecule has 0 aliphatic carbocycles. The van der Waals surface area contributed by atoms with E-state index in [2.05, 4.69) is 20.5 Å². The standard InChI is InChI=1S/C30H33ClFN3O5/c1-30(24-7-5-20(31)15-25(24)32)39-26-4-2-3-23(29(26)40-30)19-9-12-34(13-10-19)18-27-33-16-21(6-8-28(36)37)35(27)17-22-11-14-38-22/h2-5,7,15-16,19,22H,6,8-14,17-18H2,1H3,(H,36,37)/t22-,30?/m0/s1. The second-order valence-electron chi connectivity index (χ2n) is 11.0. The number of imidazole rings is 1. The molecule has 2 atom stereocenters.